The second-order valence-corrected chi connectivity index (χ2v) is 27.2. The summed E-state index contributed by atoms with van der Waals surface area (Å²) in [7, 11) is 0. The van der Waals surface area contributed by atoms with Crippen LogP contribution in [0.5, 0.6) is 0 Å². The van der Waals surface area contributed by atoms with Gasteiger partial charge in [-0.3, -0.25) is 0 Å². The summed E-state index contributed by atoms with van der Waals surface area (Å²) in [5.41, 5.74) is -0.438. The lowest BCUT2D eigenvalue weighted by molar-refractivity contribution is -0.400. The Morgan fingerprint density at radius 2 is 0.954 bits per heavy atom. The SMILES string of the molecule is C[C@H](CC[C@]1(O)O[C@H]2C[C@H]3[C@@H]4CC[C@H]5C[C@@H](O[C@@H]6O[C@H](CO)[C@H](O[C@@H]7O[C@H](CO)[C@@H](O[C@@H]8O[C@H](CO)[C@@H](O)[C@H](O)[C@H]8O)[C@H](O[C@@H]8O[C@H](CO)[C@@H](O)[C@H](O)[C@H]8O)[C@H]7O)[C@H](O)[C@H]6O)[C@H](O)C[C@]5(C)[C@H]4CC[C@]3(C)[C@H]2[C@@H]1C)CO[C@@H]1O[C@H](CO)[C@@H](O)[C@H](O)[C@H]1O. The highest BCUT2D eigenvalue weighted by atomic mass is 16.8. The molecule has 10 rings (SSSR count). The van der Waals surface area contributed by atoms with Crippen molar-refractivity contribution in [2.45, 2.75) is 263 Å². The summed E-state index contributed by atoms with van der Waals surface area (Å²) in [5, 5.41) is 205. The minimum atomic E-state index is -2.16. The highest BCUT2D eigenvalue weighted by Crippen LogP contribution is 2.71. The first-order valence-corrected chi connectivity index (χ1v) is 31.0. The topological polar surface area (TPSA) is 486 Å². The van der Waals surface area contributed by atoms with E-state index in [1.54, 1.807) is 0 Å². The van der Waals surface area contributed by atoms with Crippen molar-refractivity contribution < 1.29 is 149 Å². The first-order chi connectivity index (χ1) is 41.2. The number of rotatable bonds is 19. The molecule has 4 saturated carbocycles. The lowest BCUT2D eigenvalue weighted by atomic mass is 9.44. The van der Waals surface area contributed by atoms with Gasteiger partial charge in [-0.2, -0.15) is 0 Å². The molecule has 30 nitrogen and oxygen atoms in total. The van der Waals surface area contributed by atoms with Crippen LogP contribution < -0.4 is 0 Å². The van der Waals surface area contributed by atoms with Gasteiger partial charge in [0.2, 0.25) is 0 Å². The fraction of sp³-hybridized carbons (Fsp3) is 1.00. The summed E-state index contributed by atoms with van der Waals surface area (Å²) in [6, 6.07) is 0. The van der Waals surface area contributed by atoms with Crippen LogP contribution in [0.3, 0.4) is 0 Å². The van der Waals surface area contributed by atoms with Crippen LogP contribution in [-0.2, 0) is 52.1 Å². The molecule has 0 amide bonds. The van der Waals surface area contributed by atoms with Crippen LogP contribution >= 0.6 is 0 Å². The normalized spacial score (nSPS) is 55.6. The molecule has 38 atom stereocenters. The lowest BCUT2D eigenvalue weighted by Crippen LogP contribution is -2.68. The molecule has 6 heterocycles. The maximum atomic E-state index is 12.1. The van der Waals surface area contributed by atoms with Crippen LogP contribution in [0.25, 0.3) is 0 Å². The molecule has 0 aromatic heterocycles. The van der Waals surface area contributed by atoms with Gasteiger partial charge in [0, 0.05) is 12.3 Å². The number of hydrogen-bond acceptors (Lipinski definition) is 30. The maximum Gasteiger partial charge on any atom is 0.187 e. The molecule has 87 heavy (non-hydrogen) atoms. The van der Waals surface area contributed by atoms with E-state index in [-0.39, 0.29) is 53.1 Å². The van der Waals surface area contributed by atoms with E-state index in [1.807, 2.05) is 6.92 Å². The summed E-state index contributed by atoms with van der Waals surface area (Å²) >= 11 is 0. The first kappa shape index (κ1) is 68.7. The fourth-order valence-corrected chi connectivity index (χ4v) is 17.2. The largest absolute Gasteiger partial charge is 0.394 e. The zero-order chi connectivity index (χ0) is 63.1. The van der Waals surface area contributed by atoms with E-state index >= 15 is 0 Å². The second-order valence-electron chi connectivity index (χ2n) is 27.2. The van der Waals surface area contributed by atoms with Gasteiger partial charge in [0.15, 0.2) is 37.2 Å². The zero-order valence-electron chi connectivity index (χ0n) is 49.3. The van der Waals surface area contributed by atoms with Crippen LogP contribution in [0.15, 0.2) is 0 Å². The molecule has 0 aromatic carbocycles. The first-order valence-electron chi connectivity index (χ1n) is 31.0. The van der Waals surface area contributed by atoms with Crippen molar-refractivity contribution in [2.75, 3.05) is 39.6 Å². The molecule has 0 radical (unpaired) electrons. The molecule has 4 aliphatic carbocycles. The average Bonchev–Trinajstić information content (AvgIpc) is 1.59. The zero-order valence-corrected chi connectivity index (χ0v) is 49.3. The van der Waals surface area contributed by atoms with Crippen molar-refractivity contribution in [2.24, 2.45) is 52.3 Å². The Labute approximate surface area is 502 Å². The summed E-state index contributed by atoms with van der Waals surface area (Å²) in [4.78, 5) is 0. The molecular formula is C57H96O30. The summed E-state index contributed by atoms with van der Waals surface area (Å²) in [6.07, 6.45) is -40.1. The minimum Gasteiger partial charge on any atom is -0.394 e. The Morgan fingerprint density at radius 1 is 0.483 bits per heavy atom. The lowest BCUT2D eigenvalue weighted by Gasteiger charge is -2.62. The summed E-state index contributed by atoms with van der Waals surface area (Å²) in [6.45, 7) is 4.50. The highest BCUT2D eigenvalue weighted by molar-refractivity contribution is 5.16. The van der Waals surface area contributed by atoms with E-state index in [0.29, 0.717) is 37.5 Å². The van der Waals surface area contributed by atoms with Crippen molar-refractivity contribution in [1.82, 2.24) is 0 Å². The predicted molar refractivity (Wildman–Crippen MR) is 286 cm³/mol. The molecule has 10 fully saturated rings. The van der Waals surface area contributed by atoms with Crippen molar-refractivity contribution in [3.8, 4) is 0 Å². The third-order valence-corrected chi connectivity index (χ3v) is 22.2. The third-order valence-electron chi connectivity index (χ3n) is 22.2. The molecule has 0 spiro atoms. The predicted octanol–water partition coefficient (Wildman–Crippen LogP) is -7.16. The van der Waals surface area contributed by atoms with Gasteiger partial charge in [-0.1, -0.05) is 27.7 Å². The van der Waals surface area contributed by atoms with E-state index < -0.39 is 205 Å². The van der Waals surface area contributed by atoms with Crippen LogP contribution in [0.2, 0.25) is 0 Å². The molecular weight excluding hydrogens is 1160 g/mol. The average molecular weight is 1260 g/mol. The Bertz CT molecular complexity index is 2220. The van der Waals surface area contributed by atoms with Gasteiger partial charge in [-0.15, -0.1) is 0 Å². The molecule has 19 N–H and O–H groups in total. The van der Waals surface area contributed by atoms with Crippen molar-refractivity contribution in [3.63, 3.8) is 0 Å². The van der Waals surface area contributed by atoms with E-state index in [0.717, 1.165) is 32.1 Å². The molecule has 0 unspecified atom stereocenters. The van der Waals surface area contributed by atoms with Gasteiger partial charge in [-0.25, -0.2) is 0 Å². The van der Waals surface area contributed by atoms with Crippen molar-refractivity contribution >= 4 is 0 Å². The number of aliphatic hydroxyl groups is 19. The maximum absolute atomic E-state index is 12.1. The fourth-order valence-electron chi connectivity index (χ4n) is 17.2. The molecule has 10 aliphatic rings. The molecule has 6 aliphatic heterocycles. The van der Waals surface area contributed by atoms with Crippen LogP contribution in [0.4, 0.5) is 0 Å². The Morgan fingerprint density at radius 3 is 1.52 bits per heavy atom. The number of fused-ring (bicyclic) bond motifs is 7. The van der Waals surface area contributed by atoms with E-state index in [4.69, 9.17) is 52.1 Å². The number of ether oxygens (including phenoxy) is 11. The van der Waals surface area contributed by atoms with Crippen LogP contribution in [0, 0.1) is 52.3 Å². The third kappa shape index (κ3) is 12.6. The van der Waals surface area contributed by atoms with Gasteiger partial charge in [0.05, 0.1) is 58.0 Å². The Hall–Kier alpha value is -1.20. The summed E-state index contributed by atoms with van der Waals surface area (Å²) < 4.78 is 65.3. The van der Waals surface area contributed by atoms with E-state index in [2.05, 4.69) is 20.8 Å². The molecule has 504 valence electrons. The van der Waals surface area contributed by atoms with E-state index in [9.17, 15) is 97.0 Å². The Kier molecular flexibility index (Phi) is 21.5. The van der Waals surface area contributed by atoms with Gasteiger partial charge in [0.1, 0.15) is 122 Å². The quantitative estimate of drug-likeness (QED) is 0.0534. The van der Waals surface area contributed by atoms with Crippen molar-refractivity contribution in [3.05, 3.63) is 0 Å². The van der Waals surface area contributed by atoms with Gasteiger partial charge in [-0.05, 0) is 97.7 Å². The van der Waals surface area contributed by atoms with Crippen LogP contribution in [-0.4, -0.2) is 314 Å². The minimum absolute atomic E-state index is 0.0794. The van der Waals surface area contributed by atoms with Crippen molar-refractivity contribution in [1.29, 1.82) is 0 Å². The Balaban J connectivity index is 0.759. The van der Waals surface area contributed by atoms with E-state index in [1.165, 1.54) is 0 Å². The monoisotopic (exact) mass is 1260 g/mol. The molecule has 6 saturated heterocycles. The summed E-state index contributed by atoms with van der Waals surface area (Å²) in [5.74, 6) is -0.654. The van der Waals surface area contributed by atoms with Gasteiger partial charge in [0.25, 0.3) is 0 Å². The van der Waals surface area contributed by atoms with Gasteiger partial charge < -0.3 is 149 Å². The second kappa shape index (κ2) is 27.3. The molecule has 0 aromatic rings. The highest BCUT2D eigenvalue weighted by Gasteiger charge is 2.69. The van der Waals surface area contributed by atoms with Gasteiger partial charge >= 0.3 is 0 Å². The smallest absolute Gasteiger partial charge is 0.187 e. The van der Waals surface area contributed by atoms with Crippen LogP contribution in [0.1, 0.15) is 85.5 Å². The molecule has 0 bridgehead atoms. The molecule has 30 heteroatoms. The number of aliphatic hydroxyl groups excluding tert-OH is 18. The standard InChI is InChI=1S/C57H96O30/c1-20(19-77-50-42(71)38(67)35(64)29(14-58)79-50)7-10-57(76)21(2)34-28(87-57)12-25-23-6-5-22-11-27(26(63)13-56(22,4)24(23)8-9-55(25,34)3)78-51-45(74)41(70)47(32(17-61)82-51)84-54-46(75)49(86-53-44(73)40(69)37(66)31(16-60)81-53)48(33(18-62)83-54)85-52-43(72)39(68)36(65)30(15-59)80-52/h20-54,58-76H,5-19H2,1-4H3/t20-,21+,22+,23-,24+,25+,26-,27-,28+,29-,30-,31-,32-,33-,34+,35-,36-,37-,38+,39+,40+,41-,42-,43-,44-,45-,46-,47+,48-,49-,50-,51-,52+,53+,54+,55+,56+,57+/m1/s1. The number of hydrogen-bond donors (Lipinski definition) is 19.